The van der Waals surface area contributed by atoms with Crippen molar-refractivity contribution >= 4 is 23.7 Å². The largest absolute Gasteiger partial charge is 0.507 e. The van der Waals surface area contributed by atoms with Gasteiger partial charge < -0.3 is 43.4 Å². The summed E-state index contributed by atoms with van der Waals surface area (Å²) in [6, 6.07) is 13.0. The molecule has 1 heterocycles. The Morgan fingerprint density at radius 2 is 0.889 bits per heavy atom. The molecule has 4 rings (SSSR count). The Hall–Kier alpha value is -6.45. The van der Waals surface area contributed by atoms with Crippen LogP contribution >= 0.6 is 0 Å². The van der Waals surface area contributed by atoms with E-state index in [0.717, 1.165) is 0 Å². The summed E-state index contributed by atoms with van der Waals surface area (Å²) in [6.45, 7) is 7.76. The highest BCUT2D eigenvalue weighted by Gasteiger charge is 2.24. The lowest BCUT2D eigenvalue weighted by atomic mass is 10.1. The first-order valence-corrected chi connectivity index (χ1v) is 16.7. The molecule has 0 aliphatic rings. The molecule has 3 aromatic carbocycles. The summed E-state index contributed by atoms with van der Waals surface area (Å²) >= 11 is 0. The standard InChI is InChI=1S/C38H41N3O13/c1-9-29(42)19(2)54-32-18-25(53-22(5)38(47)50-8)12-15-28(32)35-40-33(26-13-10-23(16-30(26)43)51-20(3)36(45)48-6)39-34(41-35)27-14-11-24(17-31(27)44)52-21(4)37(46)49-7/h10-22,43-44H,9H2,1-8H3. The van der Waals surface area contributed by atoms with Crippen LogP contribution in [-0.4, -0.2) is 94.6 Å². The number of carbonyl (C=O) groups is 4. The number of rotatable bonds is 16. The highest BCUT2D eigenvalue weighted by Crippen LogP contribution is 2.39. The summed E-state index contributed by atoms with van der Waals surface area (Å²) < 4.78 is 37.2. The van der Waals surface area contributed by atoms with E-state index < -0.39 is 42.3 Å². The van der Waals surface area contributed by atoms with Crippen molar-refractivity contribution in [3.63, 3.8) is 0 Å². The van der Waals surface area contributed by atoms with E-state index in [1.54, 1.807) is 19.9 Å². The second-order valence-electron chi connectivity index (χ2n) is 11.8. The van der Waals surface area contributed by atoms with E-state index in [2.05, 4.69) is 15.0 Å². The molecule has 0 aliphatic carbocycles. The molecule has 2 N–H and O–H groups in total. The van der Waals surface area contributed by atoms with Crippen LogP contribution in [0.3, 0.4) is 0 Å². The fourth-order valence-corrected chi connectivity index (χ4v) is 4.94. The Bertz CT molecular complexity index is 1930. The lowest BCUT2D eigenvalue weighted by Crippen LogP contribution is -2.25. The molecule has 0 saturated carbocycles. The van der Waals surface area contributed by atoms with Gasteiger partial charge in [0.25, 0.3) is 0 Å². The summed E-state index contributed by atoms with van der Waals surface area (Å²) in [6.07, 6.45) is -3.63. The molecule has 16 nitrogen and oxygen atoms in total. The number of hydrogen-bond donors (Lipinski definition) is 2. The minimum absolute atomic E-state index is 0.00760. The zero-order valence-corrected chi connectivity index (χ0v) is 30.9. The van der Waals surface area contributed by atoms with Gasteiger partial charge in [-0.05, 0) is 64.1 Å². The summed E-state index contributed by atoms with van der Waals surface area (Å²) in [7, 11) is 3.68. The van der Waals surface area contributed by atoms with Crippen molar-refractivity contribution < 1.29 is 62.5 Å². The van der Waals surface area contributed by atoms with Crippen LogP contribution in [0.4, 0.5) is 0 Å². The molecule has 0 aliphatic heterocycles. The number of phenols is 2. The fraction of sp³-hybridized carbons (Fsp3) is 0.342. The van der Waals surface area contributed by atoms with Crippen LogP contribution < -0.4 is 18.9 Å². The number of methoxy groups -OCH3 is 3. The number of ether oxygens (including phenoxy) is 7. The van der Waals surface area contributed by atoms with Crippen LogP contribution in [-0.2, 0) is 33.4 Å². The van der Waals surface area contributed by atoms with Gasteiger partial charge in [-0.3, -0.25) is 4.79 Å². The Morgan fingerprint density at radius 1 is 0.537 bits per heavy atom. The third-order valence-corrected chi connectivity index (χ3v) is 7.89. The Labute approximate surface area is 310 Å². The first kappa shape index (κ1) is 40.3. The van der Waals surface area contributed by atoms with Crippen molar-refractivity contribution in [1.29, 1.82) is 0 Å². The maximum absolute atomic E-state index is 12.6. The SMILES string of the molecule is CCC(=O)C(C)Oc1cc(OC(C)C(=O)OC)ccc1-c1nc(-c2ccc(OC(C)C(=O)OC)cc2O)nc(-c2ccc(OC(C)C(=O)OC)cc2O)n1. The highest BCUT2D eigenvalue weighted by atomic mass is 16.6. The quantitative estimate of drug-likeness (QED) is 0.116. The first-order chi connectivity index (χ1) is 25.7. The molecule has 0 bridgehead atoms. The van der Waals surface area contributed by atoms with Crippen molar-refractivity contribution in [3.05, 3.63) is 54.6 Å². The lowest BCUT2D eigenvalue weighted by molar-refractivity contribution is -0.148. The molecule has 0 saturated heterocycles. The van der Waals surface area contributed by atoms with Crippen LogP contribution in [0, 0.1) is 0 Å². The van der Waals surface area contributed by atoms with Crippen molar-refractivity contribution in [2.24, 2.45) is 0 Å². The maximum Gasteiger partial charge on any atom is 0.346 e. The molecule has 1 aromatic heterocycles. The molecule has 4 unspecified atom stereocenters. The topological polar surface area (TPSA) is 212 Å². The zero-order valence-electron chi connectivity index (χ0n) is 30.9. The monoisotopic (exact) mass is 747 g/mol. The zero-order chi connectivity index (χ0) is 39.7. The van der Waals surface area contributed by atoms with Gasteiger partial charge in [-0.25, -0.2) is 29.3 Å². The Morgan fingerprint density at radius 3 is 1.24 bits per heavy atom. The molecule has 4 aromatic rings. The number of hydrogen-bond acceptors (Lipinski definition) is 16. The van der Waals surface area contributed by atoms with Gasteiger partial charge in [0.05, 0.1) is 38.0 Å². The number of esters is 3. The minimum atomic E-state index is -0.977. The molecule has 16 heteroatoms. The van der Waals surface area contributed by atoms with Crippen LogP contribution in [0.15, 0.2) is 54.6 Å². The Kier molecular flexibility index (Phi) is 13.3. The van der Waals surface area contributed by atoms with Gasteiger partial charge in [0.1, 0.15) is 34.5 Å². The van der Waals surface area contributed by atoms with Crippen LogP contribution in [0.25, 0.3) is 34.2 Å². The summed E-state index contributed by atoms with van der Waals surface area (Å²) in [5, 5.41) is 22.3. The second kappa shape index (κ2) is 17.9. The number of Topliss-reactive ketones (excluding diaryl/α,β-unsaturated/α-hetero) is 1. The molecule has 286 valence electrons. The van der Waals surface area contributed by atoms with E-state index in [9.17, 15) is 29.4 Å². The number of nitrogens with zero attached hydrogens (tertiary/aromatic N) is 3. The Balaban J connectivity index is 1.90. The smallest absolute Gasteiger partial charge is 0.346 e. The number of aromatic nitrogens is 3. The molecule has 0 amide bonds. The predicted octanol–water partition coefficient (Wildman–Crippen LogP) is 4.85. The van der Waals surface area contributed by atoms with E-state index in [1.807, 2.05) is 0 Å². The molecule has 0 spiro atoms. The third kappa shape index (κ3) is 9.70. The van der Waals surface area contributed by atoms with Gasteiger partial charge in [-0.1, -0.05) is 6.92 Å². The molecular formula is C38H41N3O13. The number of benzene rings is 3. The normalized spacial score (nSPS) is 13.0. The minimum Gasteiger partial charge on any atom is -0.507 e. The van der Waals surface area contributed by atoms with E-state index in [4.69, 9.17) is 33.2 Å². The molecule has 4 atom stereocenters. The van der Waals surface area contributed by atoms with Gasteiger partial charge >= 0.3 is 17.9 Å². The fourth-order valence-electron chi connectivity index (χ4n) is 4.94. The summed E-state index contributed by atoms with van der Waals surface area (Å²) in [5.74, 6) is -2.19. The van der Waals surface area contributed by atoms with Crippen molar-refractivity contribution in [3.8, 4) is 68.7 Å². The van der Waals surface area contributed by atoms with Gasteiger partial charge in [0.2, 0.25) is 0 Å². The average molecular weight is 748 g/mol. The van der Waals surface area contributed by atoms with Crippen LogP contribution in [0.2, 0.25) is 0 Å². The van der Waals surface area contributed by atoms with Crippen LogP contribution in [0.5, 0.6) is 34.5 Å². The maximum atomic E-state index is 12.6. The molecular weight excluding hydrogens is 706 g/mol. The van der Waals surface area contributed by atoms with Gasteiger partial charge in [0, 0.05) is 24.6 Å². The van der Waals surface area contributed by atoms with Crippen molar-refractivity contribution in [1.82, 2.24) is 15.0 Å². The molecule has 0 radical (unpaired) electrons. The number of aromatic hydroxyl groups is 2. The van der Waals surface area contributed by atoms with E-state index in [-0.39, 0.29) is 80.9 Å². The van der Waals surface area contributed by atoms with Gasteiger partial charge in [-0.2, -0.15) is 0 Å². The highest BCUT2D eigenvalue weighted by molar-refractivity contribution is 5.83. The van der Waals surface area contributed by atoms with E-state index in [1.165, 1.54) is 90.6 Å². The summed E-state index contributed by atoms with van der Waals surface area (Å²) in [5.41, 5.74) is 0.493. The number of ketones is 1. The van der Waals surface area contributed by atoms with Gasteiger partial charge in [-0.15, -0.1) is 0 Å². The molecule has 54 heavy (non-hydrogen) atoms. The summed E-state index contributed by atoms with van der Waals surface area (Å²) in [4.78, 5) is 62.3. The predicted molar refractivity (Wildman–Crippen MR) is 191 cm³/mol. The average Bonchev–Trinajstić information content (AvgIpc) is 3.16. The van der Waals surface area contributed by atoms with Crippen LogP contribution in [0.1, 0.15) is 41.0 Å². The number of phenolic OH excluding ortho intramolecular Hbond substituents is 2. The second-order valence-corrected chi connectivity index (χ2v) is 11.8. The van der Waals surface area contributed by atoms with Crippen molar-refractivity contribution in [2.45, 2.75) is 65.5 Å². The lowest BCUT2D eigenvalue weighted by Gasteiger charge is -2.19. The van der Waals surface area contributed by atoms with E-state index >= 15 is 0 Å². The van der Waals surface area contributed by atoms with Gasteiger partial charge in [0.15, 0.2) is 47.7 Å². The van der Waals surface area contributed by atoms with E-state index in [0.29, 0.717) is 0 Å². The first-order valence-electron chi connectivity index (χ1n) is 16.7. The molecule has 0 fully saturated rings. The number of carbonyl (C=O) groups excluding carboxylic acids is 4. The third-order valence-electron chi connectivity index (χ3n) is 7.89. The van der Waals surface area contributed by atoms with Crippen molar-refractivity contribution in [2.75, 3.05) is 21.3 Å².